The van der Waals surface area contributed by atoms with Crippen LogP contribution in [-0.2, 0) is 10.0 Å². The molecule has 10 heteroatoms. The molecule has 3 aromatic rings. The van der Waals surface area contributed by atoms with Crippen LogP contribution in [0.25, 0.3) is 5.69 Å². The summed E-state index contributed by atoms with van der Waals surface area (Å²) in [5.74, 6) is 2.25. The predicted molar refractivity (Wildman–Crippen MR) is 128 cm³/mol. The maximum Gasteiger partial charge on any atom is 0.231 e. The summed E-state index contributed by atoms with van der Waals surface area (Å²) in [6.07, 6.45) is 4.13. The molecule has 0 bridgehead atoms. The van der Waals surface area contributed by atoms with Crippen LogP contribution in [0.15, 0.2) is 60.9 Å². The predicted octanol–water partition coefficient (Wildman–Crippen LogP) is 1.98. The highest BCUT2D eigenvalue weighted by Gasteiger charge is 2.12. The Kier molecular flexibility index (Phi) is 8.32. The minimum absolute atomic E-state index is 0.115. The van der Waals surface area contributed by atoms with Gasteiger partial charge in [-0.05, 0) is 55.5 Å². The van der Waals surface area contributed by atoms with Crippen LogP contribution in [0.1, 0.15) is 5.82 Å². The topological polar surface area (TPSA) is 106 Å². The number of aliphatic hydroxyl groups is 1. The number of nitrogens with zero attached hydrogens (tertiary/aromatic N) is 3. The van der Waals surface area contributed by atoms with E-state index in [-0.39, 0.29) is 6.61 Å². The van der Waals surface area contributed by atoms with Gasteiger partial charge in [-0.2, -0.15) is 0 Å². The molecule has 0 saturated heterocycles. The SMILES string of the molecule is Cc1nccn1-c1ccc(OCCNCC(O)COc2ccc(N(C)S(C)(=O)=O)cc2)cc1. The molecule has 2 N–H and O–H groups in total. The lowest BCUT2D eigenvalue weighted by molar-refractivity contribution is 0.105. The van der Waals surface area contributed by atoms with E-state index < -0.39 is 16.1 Å². The summed E-state index contributed by atoms with van der Waals surface area (Å²) in [5, 5.41) is 13.2. The molecule has 0 saturated carbocycles. The quantitative estimate of drug-likeness (QED) is 0.387. The van der Waals surface area contributed by atoms with Crippen LogP contribution in [0, 0.1) is 6.92 Å². The Morgan fingerprint density at radius 1 is 1.09 bits per heavy atom. The van der Waals surface area contributed by atoms with Gasteiger partial charge in [0.15, 0.2) is 0 Å². The van der Waals surface area contributed by atoms with Crippen LogP contribution >= 0.6 is 0 Å². The molecule has 1 unspecified atom stereocenters. The van der Waals surface area contributed by atoms with E-state index in [9.17, 15) is 13.5 Å². The molecule has 0 aliphatic rings. The van der Waals surface area contributed by atoms with E-state index in [4.69, 9.17) is 9.47 Å². The maximum absolute atomic E-state index is 11.6. The van der Waals surface area contributed by atoms with Gasteiger partial charge in [0, 0.05) is 38.2 Å². The zero-order valence-corrected chi connectivity index (χ0v) is 19.8. The number of ether oxygens (including phenoxy) is 2. The molecule has 2 aromatic carbocycles. The second kappa shape index (κ2) is 11.2. The molecule has 0 spiro atoms. The summed E-state index contributed by atoms with van der Waals surface area (Å²) in [5.41, 5.74) is 1.56. The fraction of sp³-hybridized carbons (Fsp3) is 0.348. The maximum atomic E-state index is 11.6. The lowest BCUT2D eigenvalue weighted by atomic mass is 10.3. The zero-order valence-electron chi connectivity index (χ0n) is 19.0. The summed E-state index contributed by atoms with van der Waals surface area (Å²) >= 11 is 0. The Hall–Kier alpha value is -3.08. The van der Waals surface area contributed by atoms with E-state index in [2.05, 4.69) is 10.3 Å². The number of aliphatic hydroxyl groups excluding tert-OH is 1. The lowest BCUT2D eigenvalue weighted by Crippen LogP contribution is -2.33. The molecule has 0 amide bonds. The molecular weight excluding hydrogens is 444 g/mol. The summed E-state index contributed by atoms with van der Waals surface area (Å²) in [4.78, 5) is 4.22. The Morgan fingerprint density at radius 3 is 2.33 bits per heavy atom. The normalized spacial score (nSPS) is 12.4. The highest BCUT2D eigenvalue weighted by molar-refractivity contribution is 7.92. The highest BCUT2D eigenvalue weighted by Crippen LogP contribution is 2.20. The first-order valence-corrected chi connectivity index (χ1v) is 12.4. The number of benzene rings is 2. The molecule has 0 radical (unpaired) electrons. The number of anilines is 1. The molecule has 0 aliphatic heterocycles. The number of imidazole rings is 1. The van der Waals surface area contributed by atoms with Crippen molar-refractivity contribution < 1.29 is 23.0 Å². The van der Waals surface area contributed by atoms with Crippen molar-refractivity contribution in [3.05, 3.63) is 66.7 Å². The first kappa shape index (κ1) is 24.6. The van der Waals surface area contributed by atoms with Gasteiger partial charge in [0.05, 0.1) is 11.9 Å². The molecule has 1 aromatic heterocycles. The molecule has 3 rings (SSSR count). The summed E-state index contributed by atoms with van der Waals surface area (Å²) in [6.45, 7) is 3.46. The van der Waals surface area contributed by atoms with Gasteiger partial charge in [-0.3, -0.25) is 4.31 Å². The summed E-state index contributed by atoms with van der Waals surface area (Å²) in [7, 11) is -1.82. The van der Waals surface area contributed by atoms with Crippen LogP contribution in [0.3, 0.4) is 0 Å². The van der Waals surface area contributed by atoms with E-state index in [1.807, 2.05) is 42.0 Å². The van der Waals surface area contributed by atoms with E-state index in [1.54, 1.807) is 30.5 Å². The standard InChI is InChI=1S/C23H30N4O5S/c1-18-25-12-14-27(18)20-6-10-22(11-7-20)31-15-13-24-16-21(28)17-32-23-8-4-19(5-9-23)26(2)33(3,29)30/h4-12,14,21,24,28H,13,15-17H2,1-3H3. The fourth-order valence-corrected chi connectivity index (χ4v) is 3.56. The average molecular weight is 475 g/mol. The number of hydrogen-bond acceptors (Lipinski definition) is 7. The van der Waals surface area contributed by atoms with E-state index in [0.717, 1.165) is 23.5 Å². The van der Waals surface area contributed by atoms with Crippen molar-refractivity contribution in [2.24, 2.45) is 0 Å². The van der Waals surface area contributed by atoms with Gasteiger partial charge in [0.2, 0.25) is 10.0 Å². The molecule has 9 nitrogen and oxygen atoms in total. The molecular formula is C23H30N4O5S. The van der Waals surface area contributed by atoms with Gasteiger partial charge >= 0.3 is 0 Å². The van der Waals surface area contributed by atoms with Gasteiger partial charge in [-0.1, -0.05) is 0 Å². The van der Waals surface area contributed by atoms with Crippen molar-refractivity contribution >= 4 is 15.7 Å². The van der Waals surface area contributed by atoms with Crippen LogP contribution < -0.4 is 19.1 Å². The van der Waals surface area contributed by atoms with Crippen LogP contribution in [-0.4, -0.2) is 68.8 Å². The van der Waals surface area contributed by atoms with Gasteiger partial charge in [-0.25, -0.2) is 13.4 Å². The Bertz CT molecular complexity index is 1110. The first-order valence-electron chi connectivity index (χ1n) is 10.5. The van der Waals surface area contributed by atoms with Crippen LogP contribution in [0.2, 0.25) is 0 Å². The van der Waals surface area contributed by atoms with Crippen molar-refractivity contribution in [3.8, 4) is 17.2 Å². The van der Waals surface area contributed by atoms with Gasteiger partial charge < -0.3 is 24.5 Å². The second-order valence-electron chi connectivity index (χ2n) is 7.58. The molecule has 1 heterocycles. The summed E-state index contributed by atoms with van der Waals surface area (Å²) < 4.78 is 37.6. The Balaban J connectivity index is 1.32. The van der Waals surface area contributed by atoms with Gasteiger partial charge in [-0.15, -0.1) is 0 Å². The fourth-order valence-electron chi connectivity index (χ4n) is 3.06. The van der Waals surface area contributed by atoms with E-state index >= 15 is 0 Å². The molecule has 178 valence electrons. The van der Waals surface area contributed by atoms with Gasteiger partial charge in [0.25, 0.3) is 0 Å². The zero-order chi connectivity index (χ0) is 23.8. The number of rotatable bonds is 12. The van der Waals surface area contributed by atoms with Crippen molar-refractivity contribution in [2.75, 3.05) is 43.9 Å². The van der Waals surface area contributed by atoms with E-state index in [0.29, 0.717) is 31.1 Å². The van der Waals surface area contributed by atoms with Crippen molar-refractivity contribution in [1.29, 1.82) is 0 Å². The third-order valence-electron chi connectivity index (χ3n) is 5.01. The molecule has 33 heavy (non-hydrogen) atoms. The second-order valence-corrected chi connectivity index (χ2v) is 9.59. The number of aryl methyl sites for hydroxylation is 1. The van der Waals surface area contributed by atoms with Gasteiger partial charge in [0.1, 0.15) is 36.6 Å². The van der Waals surface area contributed by atoms with Crippen molar-refractivity contribution in [3.63, 3.8) is 0 Å². The van der Waals surface area contributed by atoms with E-state index in [1.165, 1.54) is 11.4 Å². The van der Waals surface area contributed by atoms with Crippen molar-refractivity contribution in [2.45, 2.75) is 13.0 Å². The third-order valence-corrected chi connectivity index (χ3v) is 6.21. The first-order chi connectivity index (χ1) is 15.7. The average Bonchev–Trinajstić information content (AvgIpc) is 3.23. The number of sulfonamides is 1. The number of aromatic nitrogens is 2. The molecule has 0 aliphatic carbocycles. The lowest BCUT2D eigenvalue weighted by Gasteiger charge is -2.17. The van der Waals surface area contributed by atoms with Crippen molar-refractivity contribution in [1.82, 2.24) is 14.9 Å². The minimum atomic E-state index is -3.31. The third kappa shape index (κ3) is 7.21. The van der Waals surface area contributed by atoms with Crippen LogP contribution in [0.5, 0.6) is 11.5 Å². The Morgan fingerprint density at radius 2 is 1.73 bits per heavy atom. The largest absolute Gasteiger partial charge is 0.492 e. The Labute approximate surface area is 194 Å². The number of nitrogens with one attached hydrogen (secondary N) is 1. The van der Waals surface area contributed by atoms with Crippen LogP contribution in [0.4, 0.5) is 5.69 Å². The highest BCUT2D eigenvalue weighted by atomic mass is 32.2. The summed E-state index contributed by atoms with van der Waals surface area (Å²) in [6, 6.07) is 14.4. The smallest absolute Gasteiger partial charge is 0.231 e. The minimum Gasteiger partial charge on any atom is -0.492 e. The molecule has 1 atom stereocenters. The number of hydrogen-bond donors (Lipinski definition) is 2. The monoisotopic (exact) mass is 474 g/mol. The molecule has 0 fully saturated rings.